The molecule has 0 radical (unpaired) electrons. The van der Waals surface area contributed by atoms with E-state index in [0.717, 1.165) is 0 Å². The highest BCUT2D eigenvalue weighted by atomic mass is 16.5. The third-order valence-corrected chi connectivity index (χ3v) is 3.08. The van der Waals surface area contributed by atoms with Crippen LogP contribution < -0.4 is 15.8 Å². The number of aryl methyl sites for hydroxylation is 2. The van der Waals surface area contributed by atoms with Crippen molar-refractivity contribution < 1.29 is 9.53 Å². The van der Waals surface area contributed by atoms with Crippen LogP contribution in [-0.4, -0.2) is 23.2 Å². The van der Waals surface area contributed by atoms with Crippen LogP contribution in [0, 0.1) is 6.92 Å². The van der Waals surface area contributed by atoms with E-state index < -0.39 is 0 Å². The van der Waals surface area contributed by atoms with Crippen LogP contribution in [0.5, 0.6) is 5.75 Å². The molecule has 3 N–H and O–H groups in total. The Morgan fingerprint density at radius 1 is 1.33 bits per heavy atom. The van der Waals surface area contributed by atoms with Gasteiger partial charge in [-0.15, -0.1) is 0 Å². The monoisotopic (exact) mass is 286 g/mol. The third-order valence-electron chi connectivity index (χ3n) is 3.08. The van der Waals surface area contributed by atoms with E-state index in [2.05, 4.69) is 15.5 Å². The molecular weight excluding hydrogens is 268 g/mol. The van der Waals surface area contributed by atoms with Gasteiger partial charge in [-0.1, -0.05) is 6.92 Å². The second kappa shape index (κ2) is 6.21. The molecule has 0 saturated carbocycles. The van der Waals surface area contributed by atoms with Gasteiger partial charge in [-0.25, -0.2) is 0 Å². The first-order valence-electron chi connectivity index (χ1n) is 6.63. The molecule has 1 aromatic carbocycles. The number of rotatable bonds is 4. The lowest BCUT2D eigenvalue weighted by Gasteiger charge is -2.11. The Bertz CT molecular complexity index is 671. The summed E-state index contributed by atoms with van der Waals surface area (Å²) in [5.74, 6) is 0.392. The van der Waals surface area contributed by atoms with Crippen molar-refractivity contribution in [3.8, 4) is 5.75 Å². The molecule has 1 aromatic heterocycles. The summed E-state index contributed by atoms with van der Waals surface area (Å²) in [5, 5.41) is 10.8. The van der Waals surface area contributed by atoms with Gasteiger partial charge in [0.1, 0.15) is 5.75 Å². The number of ether oxygens (including phenoxy) is 1. The first-order chi connectivity index (χ1) is 10.0. The zero-order valence-electron chi connectivity index (χ0n) is 12.3. The summed E-state index contributed by atoms with van der Waals surface area (Å²) in [6.07, 6.45) is 0.633. The number of hydrogen-bond donors (Lipinski definition) is 2. The molecule has 2 aromatic rings. The Morgan fingerprint density at radius 3 is 2.71 bits per heavy atom. The first-order valence-corrected chi connectivity index (χ1v) is 6.63. The summed E-state index contributed by atoms with van der Waals surface area (Å²) >= 11 is 0. The maximum atomic E-state index is 12.4. The normalized spacial score (nSPS) is 10.2. The van der Waals surface area contributed by atoms with E-state index in [9.17, 15) is 4.79 Å². The fourth-order valence-corrected chi connectivity index (χ4v) is 1.94. The maximum Gasteiger partial charge on any atom is 0.257 e. The van der Waals surface area contributed by atoms with Crippen LogP contribution in [0.1, 0.15) is 28.7 Å². The van der Waals surface area contributed by atoms with Crippen LogP contribution in [0.15, 0.2) is 24.3 Å². The molecule has 0 aliphatic carbocycles. The van der Waals surface area contributed by atoms with E-state index in [1.54, 1.807) is 38.3 Å². The molecular formula is C15H18N4O2. The lowest BCUT2D eigenvalue weighted by Crippen LogP contribution is -2.17. The summed E-state index contributed by atoms with van der Waals surface area (Å²) in [6, 6.07) is 6.83. The first kappa shape index (κ1) is 14.8. The van der Waals surface area contributed by atoms with Crippen LogP contribution >= 0.6 is 0 Å². The van der Waals surface area contributed by atoms with Crippen molar-refractivity contribution in [2.75, 3.05) is 18.2 Å². The van der Waals surface area contributed by atoms with Crippen LogP contribution in [0.25, 0.3) is 0 Å². The molecule has 110 valence electrons. The zero-order valence-corrected chi connectivity index (χ0v) is 12.3. The van der Waals surface area contributed by atoms with E-state index in [4.69, 9.17) is 10.5 Å². The molecule has 2 rings (SSSR count). The lowest BCUT2D eigenvalue weighted by atomic mass is 10.1. The molecule has 6 heteroatoms. The molecule has 1 amide bonds. The molecule has 6 nitrogen and oxygen atoms in total. The molecule has 0 bridgehead atoms. The topological polar surface area (TPSA) is 90.1 Å². The van der Waals surface area contributed by atoms with Gasteiger partial charge in [0.05, 0.1) is 35.4 Å². The van der Waals surface area contributed by atoms with Crippen molar-refractivity contribution >= 4 is 17.3 Å². The number of hydrogen-bond acceptors (Lipinski definition) is 5. The lowest BCUT2D eigenvalue weighted by molar-refractivity contribution is 0.102. The Balaban J connectivity index is 2.28. The number of aromatic nitrogens is 2. The van der Waals surface area contributed by atoms with Crippen LogP contribution in [0.2, 0.25) is 0 Å². The van der Waals surface area contributed by atoms with Gasteiger partial charge >= 0.3 is 0 Å². The zero-order chi connectivity index (χ0) is 15.4. The number of nitrogens with zero attached hydrogens (tertiary/aromatic N) is 2. The molecule has 0 saturated heterocycles. The molecule has 21 heavy (non-hydrogen) atoms. The van der Waals surface area contributed by atoms with Crippen molar-refractivity contribution in [1.29, 1.82) is 0 Å². The number of nitrogens with two attached hydrogens (primary N) is 1. The molecule has 0 aliphatic heterocycles. The fraction of sp³-hybridized carbons (Fsp3) is 0.267. The van der Waals surface area contributed by atoms with Gasteiger partial charge in [0.25, 0.3) is 5.91 Å². The van der Waals surface area contributed by atoms with Gasteiger partial charge < -0.3 is 15.8 Å². The van der Waals surface area contributed by atoms with Crippen molar-refractivity contribution in [2.24, 2.45) is 0 Å². The highest BCUT2D eigenvalue weighted by Crippen LogP contribution is 2.24. The minimum Gasteiger partial charge on any atom is -0.497 e. The number of nitrogen functional groups attached to an aromatic ring is 1. The number of methoxy groups -OCH3 is 1. The Kier molecular flexibility index (Phi) is 4.37. The van der Waals surface area contributed by atoms with Gasteiger partial charge in [0, 0.05) is 6.07 Å². The number of carbonyl (C=O) groups is 1. The number of anilines is 2. The molecule has 1 heterocycles. The number of amides is 1. The molecule has 0 atom stereocenters. The van der Waals surface area contributed by atoms with Gasteiger partial charge in [-0.2, -0.15) is 10.2 Å². The minimum atomic E-state index is -0.248. The molecule has 0 aliphatic rings. The van der Waals surface area contributed by atoms with E-state index >= 15 is 0 Å². The SMILES string of the molecule is CCc1nnc(C)cc1C(=O)Nc1ccc(OC)cc1N. The summed E-state index contributed by atoms with van der Waals surface area (Å²) in [7, 11) is 1.56. The second-order valence-electron chi connectivity index (χ2n) is 4.61. The minimum absolute atomic E-state index is 0.248. The van der Waals surface area contributed by atoms with E-state index in [1.807, 2.05) is 6.92 Å². The highest BCUT2D eigenvalue weighted by Gasteiger charge is 2.14. The predicted octanol–water partition coefficient (Wildman–Crippen LogP) is 2.19. The van der Waals surface area contributed by atoms with Gasteiger partial charge in [0.2, 0.25) is 0 Å². The Hall–Kier alpha value is -2.63. The van der Waals surface area contributed by atoms with Crippen molar-refractivity contribution in [3.63, 3.8) is 0 Å². The smallest absolute Gasteiger partial charge is 0.257 e. The quantitative estimate of drug-likeness (QED) is 0.841. The fourth-order valence-electron chi connectivity index (χ4n) is 1.94. The highest BCUT2D eigenvalue weighted by molar-refractivity contribution is 6.06. The maximum absolute atomic E-state index is 12.4. The standard InChI is InChI=1S/C15H18N4O2/c1-4-13-11(7-9(2)18-19-13)15(20)17-14-6-5-10(21-3)8-12(14)16/h5-8H,4,16H2,1-3H3,(H,17,20). The van der Waals surface area contributed by atoms with E-state index in [-0.39, 0.29) is 5.91 Å². The van der Waals surface area contributed by atoms with Crippen LogP contribution in [0.3, 0.4) is 0 Å². The largest absolute Gasteiger partial charge is 0.497 e. The van der Waals surface area contributed by atoms with Crippen molar-refractivity contribution in [3.05, 3.63) is 41.2 Å². The van der Waals surface area contributed by atoms with Crippen LogP contribution in [0.4, 0.5) is 11.4 Å². The summed E-state index contributed by atoms with van der Waals surface area (Å²) < 4.78 is 5.08. The summed E-state index contributed by atoms with van der Waals surface area (Å²) in [4.78, 5) is 12.4. The average Bonchev–Trinajstić information content (AvgIpc) is 2.49. The predicted molar refractivity (Wildman–Crippen MR) is 81.5 cm³/mol. The number of nitrogens with one attached hydrogen (secondary N) is 1. The van der Waals surface area contributed by atoms with Crippen LogP contribution in [-0.2, 0) is 6.42 Å². The number of carbonyl (C=O) groups excluding carboxylic acids is 1. The summed E-state index contributed by atoms with van der Waals surface area (Å²) in [5.41, 5.74) is 8.75. The van der Waals surface area contributed by atoms with E-state index in [0.29, 0.717) is 40.5 Å². The van der Waals surface area contributed by atoms with E-state index in [1.165, 1.54) is 0 Å². The Morgan fingerprint density at radius 2 is 2.10 bits per heavy atom. The van der Waals surface area contributed by atoms with Gasteiger partial charge in [-0.05, 0) is 31.5 Å². The average molecular weight is 286 g/mol. The van der Waals surface area contributed by atoms with Gasteiger partial charge in [0.15, 0.2) is 0 Å². The van der Waals surface area contributed by atoms with Gasteiger partial charge in [-0.3, -0.25) is 4.79 Å². The molecule has 0 fully saturated rings. The molecule has 0 unspecified atom stereocenters. The third kappa shape index (κ3) is 3.28. The Labute approximate surface area is 123 Å². The second-order valence-corrected chi connectivity index (χ2v) is 4.61. The molecule has 0 spiro atoms. The van der Waals surface area contributed by atoms with Crippen molar-refractivity contribution in [1.82, 2.24) is 10.2 Å². The van der Waals surface area contributed by atoms with Crippen molar-refractivity contribution in [2.45, 2.75) is 20.3 Å². The summed E-state index contributed by atoms with van der Waals surface area (Å²) in [6.45, 7) is 3.73. The number of benzene rings is 1.